The second kappa shape index (κ2) is 6.37. The first-order chi connectivity index (χ1) is 9.11. The highest BCUT2D eigenvalue weighted by molar-refractivity contribution is 5.87. The fourth-order valence-electron chi connectivity index (χ4n) is 3.44. The molecule has 3 unspecified atom stereocenters. The molecule has 0 aromatic rings. The largest absolute Gasteiger partial charge is 0.368 e. The van der Waals surface area contributed by atoms with Gasteiger partial charge in [0.1, 0.15) is 0 Å². The Morgan fingerprint density at radius 3 is 2.63 bits per heavy atom. The Morgan fingerprint density at radius 1 is 1.21 bits per heavy atom. The highest BCUT2D eigenvalue weighted by atomic mass is 16.2. The second-order valence-corrected chi connectivity index (χ2v) is 5.77. The van der Waals surface area contributed by atoms with Gasteiger partial charge in [-0.1, -0.05) is 12.8 Å². The molecule has 5 nitrogen and oxygen atoms in total. The minimum atomic E-state index is -0.443. The van der Waals surface area contributed by atoms with Crippen molar-refractivity contribution in [1.82, 2.24) is 10.2 Å². The van der Waals surface area contributed by atoms with Crippen LogP contribution in [0.5, 0.6) is 0 Å². The Labute approximate surface area is 114 Å². The van der Waals surface area contributed by atoms with Crippen LogP contribution >= 0.6 is 0 Å². The van der Waals surface area contributed by atoms with Crippen LogP contribution in [-0.4, -0.2) is 41.9 Å². The lowest BCUT2D eigenvalue weighted by Crippen LogP contribution is -2.56. The van der Waals surface area contributed by atoms with E-state index in [0.717, 1.165) is 18.8 Å². The van der Waals surface area contributed by atoms with Crippen LogP contribution in [0, 0.1) is 5.92 Å². The summed E-state index contributed by atoms with van der Waals surface area (Å²) in [5.41, 5.74) is 5.19. The molecule has 1 saturated heterocycles. The highest BCUT2D eigenvalue weighted by Gasteiger charge is 2.35. The molecule has 1 heterocycles. The quantitative estimate of drug-likeness (QED) is 0.784. The maximum absolute atomic E-state index is 12.4. The number of rotatable bonds is 4. The zero-order valence-electron chi connectivity index (χ0n) is 11.7. The van der Waals surface area contributed by atoms with Gasteiger partial charge in [-0.3, -0.25) is 9.59 Å². The van der Waals surface area contributed by atoms with Gasteiger partial charge in [0.25, 0.3) is 0 Å². The molecule has 19 heavy (non-hydrogen) atoms. The monoisotopic (exact) mass is 267 g/mol. The van der Waals surface area contributed by atoms with Gasteiger partial charge in [-0.2, -0.15) is 0 Å². The zero-order chi connectivity index (χ0) is 13.8. The van der Waals surface area contributed by atoms with Crippen LogP contribution in [0.1, 0.15) is 45.4 Å². The summed E-state index contributed by atoms with van der Waals surface area (Å²) in [4.78, 5) is 24.9. The molecule has 3 atom stereocenters. The Morgan fingerprint density at radius 2 is 1.95 bits per heavy atom. The molecule has 2 aliphatic rings. The van der Waals surface area contributed by atoms with E-state index in [-0.39, 0.29) is 18.5 Å². The van der Waals surface area contributed by atoms with E-state index in [9.17, 15) is 9.59 Å². The Kier molecular flexibility index (Phi) is 4.80. The number of carbonyl (C=O) groups excluding carboxylic acids is 2. The summed E-state index contributed by atoms with van der Waals surface area (Å²) in [5.74, 6) is 0.330. The van der Waals surface area contributed by atoms with Crippen molar-refractivity contribution in [2.75, 3.05) is 13.1 Å². The molecule has 2 rings (SSSR count). The van der Waals surface area contributed by atoms with Gasteiger partial charge in [-0.15, -0.1) is 0 Å². The third-order valence-corrected chi connectivity index (χ3v) is 4.49. The molecule has 108 valence electrons. The molecule has 0 aromatic carbocycles. The lowest BCUT2D eigenvalue weighted by molar-refractivity contribution is -0.138. The average Bonchev–Trinajstić information content (AvgIpc) is 2.43. The average molecular weight is 267 g/mol. The lowest BCUT2D eigenvalue weighted by atomic mass is 9.77. The Balaban J connectivity index is 1.93. The van der Waals surface area contributed by atoms with Crippen molar-refractivity contribution < 1.29 is 9.59 Å². The van der Waals surface area contributed by atoms with E-state index in [1.54, 1.807) is 4.90 Å². The number of carbonyl (C=O) groups is 2. The lowest BCUT2D eigenvalue weighted by Gasteiger charge is -2.41. The molecule has 0 radical (unpaired) electrons. The predicted octanol–water partition coefficient (Wildman–Crippen LogP) is 0.631. The number of nitrogens with one attached hydrogen (secondary N) is 1. The van der Waals surface area contributed by atoms with Crippen LogP contribution in [0.2, 0.25) is 0 Å². The van der Waals surface area contributed by atoms with E-state index in [4.69, 9.17) is 5.73 Å². The Hall–Kier alpha value is -1.10. The summed E-state index contributed by atoms with van der Waals surface area (Å²) >= 11 is 0. The smallest absolute Gasteiger partial charge is 0.240 e. The van der Waals surface area contributed by atoms with Gasteiger partial charge in [0.2, 0.25) is 11.8 Å². The number of nitrogens with two attached hydrogens (primary N) is 1. The number of fused-ring (bicyclic) bond motifs is 1. The molecule has 0 spiro atoms. The molecular weight excluding hydrogens is 242 g/mol. The molecule has 1 saturated carbocycles. The minimum Gasteiger partial charge on any atom is -0.368 e. The van der Waals surface area contributed by atoms with Gasteiger partial charge in [0, 0.05) is 12.6 Å². The number of amides is 2. The molecular formula is C14H25N3O2. The van der Waals surface area contributed by atoms with Crippen molar-refractivity contribution in [2.24, 2.45) is 11.7 Å². The first kappa shape index (κ1) is 14.3. The summed E-state index contributed by atoms with van der Waals surface area (Å²) in [6.45, 7) is 2.45. The van der Waals surface area contributed by atoms with Gasteiger partial charge in [-0.25, -0.2) is 0 Å². The van der Waals surface area contributed by atoms with Crippen LogP contribution in [-0.2, 0) is 9.59 Å². The molecule has 2 amide bonds. The number of likely N-dealkylation sites (N-methyl/N-ethyl adjacent to an activating group) is 1. The van der Waals surface area contributed by atoms with Crippen LogP contribution in [0.3, 0.4) is 0 Å². The maximum atomic E-state index is 12.4. The SMILES string of the molecule is CCN(CC(N)=O)C(=O)C1CCC2CCCCC2N1. The van der Waals surface area contributed by atoms with Crippen molar-refractivity contribution in [1.29, 1.82) is 0 Å². The van der Waals surface area contributed by atoms with Crippen molar-refractivity contribution in [3.63, 3.8) is 0 Å². The minimum absolute atomic E-state index is 0.0294. The molecule has 3 N–H and O–H groups in total. The van der Waals surface area contributed by atoms with Gasteiger partial charge < -0.3 is 16.0 Å². The van der Waals surface area contributed by atoms with Crippen molar-refractivity contribution >= 4 is 11.8 Å². The van der Waals surface area contributed by atoms with E-state index in [1.807, 2.05) is 6.92 Å². The van der Waals surface area contributed by atoms with Gasteiger partial charge in [-0.05, 0) is 38.5 Å². The summed E-state index contributed by atoms with van der Waals surface area (Å²) in [5, 5.41) is 3.50. The number of hydrogen-bond donors (Lipinski definition) is 2. The fraction of sp³-hybridized carbons (Fsp3) is 0.857. The number of primary amides is 1. The van der Waals surface area contributed by atoms with Crippen LogP contribution in [0.4, 0.5) is 0 Å². The number of piperidine rings is 1. The summed E-state index contributed by atoms with van der Waals surface area (Å²) in [6, 6.07) is 0.363. The molecule has 1 aliphatic heterocycles. The zero-order valence-corrected chi connectivity index (χ0v) is 11.7. The van der Waals surface area contributed by atoms with E-state index in [2.05, 4.69) is 5.32 Å². The first-order valence-corrected chi connectivity index (χ1v) is 7.45. The standard InChI is InChI=1S/C14H25N3O2/c1-2-17(9-13(15)18)14(19)12-8-7-10-5-3-4-6-11(10)16-12/h10-12,16H,2-9H2,1H3,(H2,15,18). The molecule has 0 bridgehead atoms. The topological polar surface area (TPSA) is 75.4 Å². The summed E-state index contributed by atoms with van der Waals surface area (Å²) < 4.78 is 0. The summed E-state index contributed by atoms with van der Waals surface area (Å²) in [7, 11) is 0. The fourth-order valence-corrected chi connectivity index (χ4v) is 3.44. The second-order valence-electron chi connectivity index (χ2n) is 5.77. The van der Waals surface area contributed by atoms with Crippen molar-refractivity contribution in [3.8, 4) is 0 Å². The first-order valence-electron chi connectivity index (χ1n) is 7.45. The molecule has 0 aromatic heterocycles. The van der Waals surface area contributed by atoms with E-state index in [0.29, 0.717) is 12.6 Å². The Bertz CT molecular complexity index is 346. The van der Waals surface area contributed by atoms with Gasteiger partial charge in [0.15, 0.2) is 0 Å². The van der Waals surface area contributed by atoms with Crippen LogP contribution < -0.4 is 11.1 Å². The maximum Gasteiger partial charge on any atom is 0.240 e. The highest BCUT2D eigenvalue weighted by Crippen LogP contribution is 2.32. The molecule has 1 aliphatic carbocycles. The van der Waals surface area contributed by atoms with Crippen LogP contribution in [0.25, 0.3) is 0 Å². The molecule has 2 fully saturated rings. The van der Waals surface area contributed by atoms with E-state index in [1.165, 1.54) is 25.7 Å². The molecule has 5 heteroatoms. The summed E-state index contributed by atoms with van der Waals surface area (Å²) in [6.07, 6.45) is 7.06. The number of nitrogens with zero attached hydrogens (tertiary/aromatic N) is 1. The van der Waals surface area contributed by atoms with Crippen molar-refractivity contribution in [2.45, 2.75) is 57.5 Å². The van der Waals surface area contributed by atoms with E-state index >= 15 is 0 Å². The normalized spacial score (nSPS) is 30.5. The van der Waals surface area contributed by atoms with E-state index < -0.39 is 5.91 Å². The van der Waals surface area contributed by atoms with Gasteiger partial charge in [0.05, 0.1) is 12.6 Å². The van der Waals surface area contributed by atoms with Crippen LogP contribution in [0.15, 0.2) is 0 Å². The predicted molar refractivity (Wildman–Crippen MR) is 73.4 cm³/mol. The third-order valence-electron chi connectivity index (χ3n) is 4.49. The van der Waals surface area contributed by atoms with Crippen molar-refractivity contribution in [3.05, 3.63) is 0 Å². The van der Waals surface area contributed by atoms with Gasteiger partial charge >= 0.3 is 0 Å². The number of hydrogen-bond acceptors (Lipinski definition) is 3. The third kappa shape index (κ3) is 3.47.